The molecule has 0 aliphatic carbocycles. The second kappa shape index (κ2) is 4.59. The lowest BCUT2D eigenvalue weighted by molar-refractivity contribution is -0.0937. The highest BCUT2D eigenvalue weighted by Crippen LogP contribution is 2.07. The van der Waals surface area contributed by atoms with Crippen molar-refractivity contribution in [2.45, 2.75) is 19.2 Å². The summed E-state index contributed by atoms with van der Waals surface area (Å²) in [5, 5.41) is 0. The minimum absolute atomic E-state index is 0.168. The number of hydrogen-bond acceptors (Lipinski definition) is 3. The third kappa shape index (κ3) is 2.15. The molecule has 1 saturated heterocycles. The number of nitrogens with zero attached hydrogens (tertiary/aromatic N) is 1. The molecule has 2 heterocycles. The molecule has 78 valence electrons. The molecule has 0 spiro atoms. The Kier molecular flexibility index (Phi) is 3.18. The molecule has 0 aromatic carbocycles. The number of aromatic nitrogens is 1. The van der Waals surface area contributed by atoms with E-state index in [1.54, 1.807) is 0 Å². The molecule has 1 unspecified atom stereocenters. The minimum Gasteiger partial charge on any atom is -0.376 e. The van der Waals surface area contributed by atoms with Crippen LogP contribution in [0.15, 0.2) is 18.3 Å². The van der Waals surface area contributed by atoms with Crippen LogP contribution < -0.4 is 5.73 Å². The Morgan fingerprint density at radius 3 is 3.14 bits per heavy atom. The second-order valence-electron chi connectivity index (χ2n) is 3.42. The zero-order valence-electron chi connectivity index (χ0n) is 8.19. The van der Waals surface area contributed by atoms with Crippen molar-refractivity contribution in [3.63, 3.8) is 0 Å². The molecule has 0 radical (unpaired) electrons. The molecule has 1 fully saturated rings. The lowest BCUT2D eigenvalue weighted by Crippen LogP contribution is -2.32. The molecule has 1 aromatic heterocycles. The molecule has 2 rings (SSSR count). The Hall–Kier alpha value is -0.840. The van der Waals surface area contributed by atoms with Crippen molar-refractivity contribution >= 4 is 0 Å². The van der Waals surface area contributed by atoms with Gasteiger partial charge in [0.25, 0.3) is 0 Å². The van der Waals surface area contributed by atoms with Crippen LogP contribution in [0.1, 0.15) is 5.69 Å². The monoisotopic (exact) mass is 196 g/mol. The maximum Gasteiger partial charge on any atom is 0.0987 e. The van der Waals surface area contributed by atoms with Crippen LogP contribution >= 0.6 is 0 Å². The SMILES string of the molecule is NCc1cccn1CC1COCCO1. The Morgan fingerprint density at radius 2 is 2.43 bits per heavy atom. The van der Waals surface area contributed by atoms with Gasteiger partial charge in [0.05, 0.1) is 32.5 Å². The lowest BCUT2D eigenvalue weighted by atomic mass is 10.3. The molecule has 14 heavy (non-hydrogen) atoms. The first kappa shape index (κ1) is 9.71. The van der Waals surface area contributed by atoms with Gasteiger partial charge in [0.15, 0.2) is 0 Å². The molecule has 1 aliphatic rings. The summed E-state index contributed by atoms with van der Waals surface area (Å²) in [7, 11) is 0. The third-order valence-corrected chi connectivity index (χ3v) is 2.42. The smallest absolute Gasteiger partial charge is 0.0987 e. The summed E-state index contributed by atoms with van der Waals surface area (Å²) >= 11 is 0. The maximum absolute atomic E-state index is 5.61. The topological polar surface area (TPSA) is 49.4 Å². The van der Waals surface area contributed by atoms with Gasteiger partial charge < -0.3 is 19.8 Å². The second-order valence-corrected chi connectivity index (χ2v) is 3.42. The van der Waals surface area contributed by atoms with Gasteiger partial charge in [0, 0.05) is 18.4 Å². The number of rotatable bonds is 3. The first-order valence-corrected chi connectivity index (χ1v) is 4.93. The molecule has 1 aliphatic heterocycles. The van der Waals surface area contributed by atoms with Crippen LogP contribution in [0.3, 0.4) is 0 Å². The molecule has 1 atom stereocenters. The van der Waals surface area contributed by atoms with Crippen LogP contribution in [0, 0.1) is 0 Å². The summed E-state index contributed by atoms with van der Waals surface area (Å²) in [5.74, 6) is 0. The number of nitrogens with two attached hydrogens (primary N) is 1. The summed E-state index contributed by atoms with van der Waals surface area (Å²) in [6.07, 6.45) is 2.20. The quantitative estimate of drug-likeness (QED) is 0.759. The Balaban J connectivity index is 1.95. The van der Waals surface area contributed by atoms with E-state index in [0.717, 1.165) is 12.2 Å². The first-order valence-electron chi connectivity index (χ1n) is 4.93. The van der Waals surface area contributed by atoms with Gasteiger partial charge >= 0.3 is 0 Å². The normalized spacial score (nSPS) is 22.5. The zero-order chi connectivity index (χ0) is 9.80. The molecular formula is C10H16N2O2. The predicted octanol–water partition coefficient (Wildman–Crippen LogP) is 0.362. The Labute approximate surface area is 83.6 Å². The molecule has 2 N–H and O–H groups in total. The fourth-order valence-electron chi connectivity index (χ4n) is 1.67. The van der Waals surface area contributed by atoms with E-state index < -0.39 is 0 Å². The van der Waals surface area contributed by atoms with Gasteiger partial charge in [0.2, 0.25) is 0 Å². The molecule has 4 heteroatoms. The molecular weight excluding hydrogens is 180 g/mol. The molecule has 1 aromatic rings. The van der Waals surface area contributed by atoms with Crippen LogP contribution in [0.2, 0.25) is 0 Å². The van der Waals surface area contributed by atoms with Gasteiger partial charge in [-0.05, 0) is 12.1 Å². The van der Waals surface area contributed by atoms with E-state index in [1.165, 1.54) is 0 Å². The van der Waals surface area contributed by atoms with Crippen LogP contribution in [0.4, 0.5) is 0 Å². The average Bonchev–Trinajstić information content (AvgIpc) is 2.67. The fraction of sp³-hybridized carbons (Fsp3) is 0.600. The van der Waals surface area contributed by atoms with Gasteiger partial charge in [-0.1, -0.05) is 0 Å². The standard InChI is InChI=1S/C10H16N2O2/c11-6-9-2-1-3-12(9)7-10-8-13-4-5-14-10/h1-3,10H,4-8,11H2. The zero-order valence-corrected chi connectivity index (χ0v) is 8.19. The van der Waals surface area contributed by atoms with E-state index in [4.69, 9.17) is 15.2 Å². The van der Waals surface area contributed by atoms with Crippen molar-refractivity contribution in [3.05, 3.63) is 24.0 Å². The third-order valence-electron chi connectivity index (χ3n) is 2.42. The van der Waals surface area contributed by atoms with Crippen molar-refractivity contribution in [1.82, 2.24) is 4.57 Å². The summed E-state index contributed by atoms with van der Waals surface area (Å²) < 4.78 is 13.0. The predicted molar refractivity (Wildman–Crippen MR) is 52.9 cm³/mol. The number of ether oxygens (including phenoxy) is 2. The Bertz CT molecular complexity index is 279. The van der Waals surface area contributed by atoms with E-state index in [1.807, 2.05) is 18.3 Å². The van der Waals surface area contributed by atoms with Crippen molar-refractivity contribution in [2.75, 3.05) is 19.8 Å². The lowest BCUT2D eigenvalue weighted by Gasteiger charge is -2.24. The Morgan fingerprint density at radius 1 is 1.50 bits per heavy atom. The van der Waals surface area contributed by atoms with Gasteiger partial charge in [-0.2, -0.15) is 0 Å². The van der Waals surface area contributed by atoms with Crippen molar-refractivity contribution in [3.8, 4) is 0 Å². The van der Waals surface area contributed by atoms with E-state index in [-0.39, 0.29) is 6.10 Å². The molecule has 0 bridgehead atoms. The first-order chi connectivity index (χ1) is 6.90. The summed E-state index contributed by atoms with van der Waals surface area (Å²) in [4.78, 5) is 0. The molecule has 4 nitrogen and oxygen atoms in total. The highest BCUT2D eigenvalue weighted by atomic mass is 16.6. The summed E-state index contributed by atoms with van der Waals surface area (Å²) in [6.45, 7) is 3.50. The van der Waals surface area contributed by atoms with E-state index in [0.29, 0.717) is 26.4 Å². The maximum atomic E-state index is 5.61. The summed E-state index contributed by atoms with van der Waals surface area (Å²) in [6, 6.07) is 4.04. The molecule has 0 amide bonds. The van der Waals surface area contributed by atoms with Crippen molar-refractivity contribution < 1.29 is 9.47 Å². The van der Waals surface area contributed by atoms with E-state index >= 15 is 0 Å². The van der Waals surface area contributed by atoms with Gasteiger partial charge in [-0.15, -0.1) is 0 Å². The van der Waals surface area contributed by atoms with Crippen LogP contribution in [0.25, 0.3) is 0 Å². The number of hydrogen-bond donors (Lipinski definition) is 1. The average molecular weight is 196 g/mol. The van der Waals surface area contributed by atoms with Crippen LogP contribution in [0.5, 0.6) is 0 Å². The van der Waals surface area contributed by atoms with Gasteiger partial charge in [-0.25, -0.2) is 0 Å². The van der Waals surface area contributed by atoms with Crippen molar-refractivity contribution in [1.29, 1.82) is 0 Å². The van der Waals surface area contributed by atoms with Crippen molar-refractivity contribution in [2.24, 2.45) is 5.73 Å². The molecule has 0 saturated carbocycles. The minimum atomic E-state index is 0.168. The van der Waals surface area contributed by atoms with E-state index in [9.17, 15) is 0 Å². The van der Waals surface area contributed by atoms with Crippen LogP contribution in [-0.2, 0) is 22.6 Å². The van der Waals surface area contributed by atoms with Crippen LogP contribution in [-0.4, -0.2) is 30.5 Å². The largest absolute Gasteiger partial charge is 0.376 e. The fourth-order valence-corrected chi connectivity index (χ4v) is 1.67. The van der Waals surface area contributed by atoms with E-state index in [2.05, 4.69) is 4.57 Å². The highest BCUT2D eigenvalue weighted by Gasteiger charge is 2.15. The highest BCUT2D eigenvalue weighted by molar-refractivity contribution is 5.06. The summed E-state index contributed by atoms with van der Waals surface area (Å²) in [5.41, 5.74) is 6.75. The van der Waals surface area contributed by atoms with Gasteiger partial charge in [0.1, 0.15) is 0 Å². The van der Waals surface area contributed by atoms with Gasteiger partial charge in [-0.3, -0.25) is 0 Å².